The van der Waals surface area contributed by atoms with E-state index >= 15 is 0 Å². The van der Waals surface area contributed by atoms with Crippen molar-refractivity contribution < 1.29 is 33.0 Å². The number of urea groups is 1. The van der Waals surface area contributed by atoms with Gasteiger partial charge in [-0.3, -0.25) is 0 Å². The first-order chi connectivity index (χ1) is 19.8. The average Bonchev–Trinajstić information content (AvgIpc) is 2.96. The van der Waals surface area contributed by atoms with Crippen LogP contribution in [0.1, 0.15) is 54.4 Å². The summed E-state index contributed by atoms with van der Waals surface area (Å²) in [5, 5.41) is 15.6. The Morgan fingerprint density at radius 3 is 1.52 bits per heavy atom. The summed E-state index contributed by atoms with van der Waals surface area (Å²) in [6.07, 6.45) is 2.94. The van der Waals surface area contributed by atoms with Crippen LogP contribution in [-0.2, 0) is 19.4 Å². The molecular formula is C30H52N4O7S. The molecule has 2 N–H and O–H groups in total. The molecule has 0 bridgehead atoms. The number of hydrogen-bond donors (Lipinski definition) is 2. The Bertz CT molecular complexity index is 1010. The van der Waals surface area contributed by atoms with Gasteiger partial charge in [0, 0.05) is 37.8 Å². The van der Waals surface area contributed by atoms with Crippen LogP contribution in [0, 0.1) is 0 Å². The van der Waals surface area contributed by atoms with Crippen molar-refractivity contribution in [1.82, 2.24) is 19.6 Å². The molecule has 2 amide bonds. The maximum atomic E-state index is 13.6. The molecule has 0 heterocycles. The zero-order chi connectivity index (χ0) is 32.1. The number of benzene rings is 1. The summed E-state index contributed by atoms with van der Waals surface area (Å²) in [7, 11) is -3.44. The Hall–Kier alpha value is -2.96. The normalized spacial score (nSPS) is 11.5. The minimum absolute atomic E-state index is 0.0580. The van der Waals surface area contributed by atoms with E-state index in [4.69, 9.17) is 10.2 Å². The molecule has 0 aromatic heterocycles. The van der Waals surface area contributed by atoms with Crippen LogP contribution in [0.25, 0.3) is 0 Å². The lowest BCUT2D eigenvalue weighted by Crippen LogP contribution is -2.49. The van der Waals surface area contributed by atoms with E-state index < -0.39 is 21.8 Å². The smallest absolute Gasteiger partial charge is 0.328 e. The summed E-state index contributed by atoms with van der Waals surface area (Å²) in [6.45, 7) is 20.0. The van der Waals surface area contributed by atoms with E-state index in [1.807, 2.05) is 18.7 Å². The van der Waals surface area contributed by atoms with Gasteiger partial charge in [0.05, 0.1) is 10.6 Å². The van der Waals surface area contributed by atoms with Crippen molar-refractivity contribution in [1.29, 1.82) is 0 Å². The second-order valence-corrected chi connectivity index (χ2v) is 12.1. The van der Waals surface area contributed by atoms with Gasteiger partial charge in [0.2, 0.25) is 0 Å². The molecule has 42 heavy (non-hydrogen) atoms. The van der Waals surface area contributed by atoms with Crippen molar-refractivity contribution in [3.05, 3.63) is 42.5 Å². The largest absolute Gasteiger partial charge is 0.478 e. The summed E-state index contributed by atoms with van der Waals surface area (Å²) in [5.41, 5.74) is 0. The minimum atomic E-state index is -3.44. The number of hydrogen-bond acceptors (Lipinski definition) is 7. The van der Waals surface area contributed by atoms with Gasteiger partial charge in [0.15, 0.2) is 9.84 Å². The van der Waals surface area contributed by atoms with Crippen molar-refractivity contribution in [2.45, 2.75) is 65.3 Å². The van der Waals surface area contributed by atoms with Crippen LogP contribution < -0.4 is 0 Å². The first-order valence-corrected chi connectivity index (χ1v) is 16.4. The average molecular weight is 613 g/mol. The zero-order valence-electron chi connectivity index (χ0n) is 26.2. The third kappa shape index (κ3) is 16.5. The van der Waals surface area contributed by atoms with E-state index in [1.54, 1.807) is 35.2 Å². The van der Waals surface area contributed by atoms with Crippen LogP contribution >= 0.6 is 0 Å². The standard InChI is InChI=1S/C26H48N4O3S.C4H4O4/c1-7-27(8-2)18-14-20-29(21-15-19-28(9-3)10-4)26(31)30(24(5)6)22-23-34(32,33)25-16-12-11-13-17-25;5-3(6)1-2-4(7)8/h11-13,16-17,24H,7-10,14-15,18-23H2,1-6H3;1-2H,(H,5,6)(H,7,8)/b;2-1+. The molecule has 0 saturated heterocycles. The quantitative estimate of drug-likeness (QED) is 0.224. The maximum absolute atomic E-state index is 13.6. The molecule has 0 atom stereocenters. The minimum Gasteiger partial charge on any atom is -0.478 e. The van der Waals surface area contributed by atoms with E-state index in [1.165, 1.54) is 0 Å². The number of carbonyl (C=O) groups excluding carboxylic acids is 1. The Labute approximate surface area is 252 Å². The number of rotatable bonds is 19. The predicted molar refractivity (Wildman–Crippen MR) is 167 cm³/mol. The fraction of sp³-hybridized carbons (Fsp3) is 0.633. The van der Waals surface area contributed by atoms with Crippen LogP contribution in [0.4, 0.5) is 4.79 Å². The predicted octanol–water partition coefficient (Wildman–Crippen LogP) is 3.77. The number of nitrogens with zero attached hydrogens (tertiary/aromatic N) is 4. The van der Waals surface area contributed by atoms with Gasteiger partial charge < -0.3 is 29.8 Å². The SMILES string of the molecule is CCN(CC)CCCN(CCCN(CC)CC)C(=O)N(CCS(=O)(=O)c1ccccc1)C(C)C.O=C(O)/C=C/C(=O)O. The third-order valence-electron chi connectivity index (χ3n) is 6.80. The molecule has 0 aliphatic rings. The second kappa shape index (κ2) is 21.7. The zero-order valence-corrected chi connectivity index (χ0v) is 27.1. The van der Waals surface area contributed by atoms with Crippen molar-refractivity contribution in [2.24, 2.45) is 0 Å². The van der Waals surface area contributed by atoms with Crippen LogP contribution in [0.15, 0.2) is 47.4 Å². The Morgan fingerprint density at radius 1 is 0.738 bits per heavy atom. The lowest BCUT2D eigenvalue weighted by molar-refractivity contribution is -0.134. The molecule has 1 aromatic rings. The molecular weight excluding hydrogens is 560 g/mol. The highest BCUT2D eigenvalue weighted by Crippen LogP contribution is 2.13. The summed E-state index contributed by atoms with van der Waals surface area (Å²) < 4.78 is 25.6. The molecule has 11 nitrogen and oxygen atoms in total. The Balaban J connectivity index is 0.00000183. The van der Waals surface area contributed by atoms with E-state index in [9.17, 15) is 22.8 Å². The molecule has 240 valence electrons. The summed E-state index contributed by atoms with van der Waals surface area (Å²) in [4.78, 5) is 41.4. The molecule has 0 fully saturated rings. The van der Waals surface area contributed by atoms with Crippen LogP contribution in [0.2, 0.25) is 0 Å². The number of sulfone groups is 1. The first kappa shape index (κ1) is 39.0. The summed E-state index contributed by atoms with van der Waals surface area (Å²) in [5.74, 6) is -2.59. The van der Waals surface area contributed by atoms with Gasteiger partial charge in [-0.25, -0.2) is 22.8 Å². The number of carbonyl (C=O) groups is 3. The van der Waals surface area contributed by atoms with Gasteiger partial charge >= 0.3 is 18.0 Å². The molecule has 0 radical (unpaired) electrons. The van der Waals surface area contributed by atoms with Crippen LogP contribution in [0.3, 0.4) is 0 Å². The second-order valence-electron chi connectivity index (χ2n) is 9.96. The van der Waals surface area contributed by atoms with Crippen molar-refractivity contribution in [2.75, 3.05) is 64.7 Å². The molecule has 0 aliphatic carbocycles. The maximum Gasteiger partial charge on any atom is 0.328 e. The highest BCUT2D eigenvalue weighted by molar-refractivity contribution is 7.91. The molecule has 0 spiro atoms. The highest BCUT2D eigenvalue weighted by atomic mass is 32.2. The van der Waals surface area contributed by atoms with E-state index in [2.05, 4.69) is 37.5 Å². The van der Waals surface area contributed by atoms with E-state index in [-0.39, 0.29) is 24.4 Å². The number of aliphatic carboxylic acids is 2. The topological polar surface area (TPSA) is 139 Å². The molecule has 1 rings (SSSR count). The highest BCUT2D eigenvalue weighted by Gasteiger charge is 2.25. The van der Waals surface area contributed by atoms with Crippen molar-refractivity contribution in [3.8, 4) is 0 Å². The summed E-state index contributed by atoms with van der Waals surface area (Å²) >= 11 is 0. The van der Waals surface area contributed by atoms with Gasteiger partial charge in [-0.05, 0) is 78.1 Å². The lowest BCUT2D eigenvalue weighted by atomic mass is 10.2. The third-order valence-corrected chi connectivity index (χ3v) is 8.52. The van der Waals surface area contributed by atoms with Gasteiger partial charge in [0.25, 0.3) is 0 Å². The molecule has 12 heteroatoms. The molecule has 0 saturated carbocycles. The first-order valence-electron chi connectivity index (χ1n) is 14.7. The number of amides is 2. The summed E-state index contributed by atoms with van der Waals surface area (Å²) in [6, 6.07) is 8.35. The Morgan fingerprint density at radius 2 is 1.17 bits per heavy atom. The fourth-order valence-electron chi connectivity index (χ4n) is 4.22. The van der Waals surface area contributed by atoms with Gasteiger partial charge in [-0.2, -0.15) is 0 Å². The number of carboxylic acid groups (broad SMARTS) is 2. The lowest BCUT2D eigenvalue weighted by Gasteiger charge is -2.34. The van der Waals surface area contributed by atoms with Crippen molar-refractivity contribution in [3.63, 3.8) is 0 Å². The molecule has 1 aromatic carbocycles. The van der Waals surface area contributed by atoms with Crippen LogP contribution in [0.5, 0.6) is 0 Å². The van der Waals surface area contributed by atoms with Gasteiger partial charge in [-0.15, -0.1) is 0 Å². The number of carboxylic acids is 2. The molecule has 0 unspecified atom stereocenters. The van der Waals surface area contributed by atoms with Gasteiger partial charge in [0.1, 0.15) is 0 Å². The van der Waals surface area contributed by atoms with Crippen molar-refractivity contribution >= 4 is 27.8 Å². The van der Waals surface area contributed by atoms with E-state index in [0.29, 0.717) is 30.1 Å². The molecule has 0 aliphatic heterocycles. The fourth-order valence-corrected chi connectivity index (χ4v) is 5.46. The monoisotopic (exact) mass is 612 g/mol. The van der Waals surface area contributed by atoms with Crippen LogP contribution in [-0.4, -0.2) is 127 Å². The van der Waals surface area contributed by atoms with Gasteiger partial charge in [-0.1, -0.05) is 45.9 Å². The van der Waals surface area contributed by atoms with E-state index in [0.717, 1.165) is 52.1 Å². The Kier molecular flexibility index (Phi) is 20.2.